The van der Waals surface area contributed by atoms with Gasteiger partial charge in [-0.1, -0.05) is 48.5 Å². The largest absolute Gasteiger partial charge is 0.289 e. The zero-order valence-electron chi connectivity index (χ0n) is 10.7. The number of nitrogens with zero attached hydrogens (tertiary/aromatic N) is 1. The van der Waals surface area contributed by atoms with Gasteiger partial charge in [0.1, 0.15) is 0 Å². The first-order chi connectivity index (χ1) is 9.86. The van der Waals surface area contributed by atoms with Crippen LogP contribution in [-0.4, -0.2) is 10.8 Å². The van der Waals surface area contributed by atoms with E-state index in [4.69, 9.17) is 0 Å². The van der Waals surface area contributed by atoms with Crippen LogP contribution in [0, 0.1) is 0 Å². The molecule has 0 fully saturated rings. The smallest absolute Gasteiger partial charge is 0.195 e. The highest BCUT2D eigenvalue weighted by Gasteiger charge is 2.29. The molecule has 4 rings (SSSR count). The van der Waals surface area contributed by atoms with Gasteiger partial charge in [0, 0.05) is 29.1 Å². The van der Waals surface area contributed by atoms with Crippen molar-refractivity contribution in [3.63, 3.8) is 0 Å². The minimum absolute atomic E-state index is 0.0943. The van der Waals surface area contributed by atoms with E-state index in [1.165, 1.54) is 0 Å². The van der Waals surface area contributed by atoms with Gasteiger partial charge in [-0.15, -0.1) is 0 Å². The van der Waals surface area contributed by atoms with E-state index in [1.807, 2.05) is 48.5 Å². The molecule has 0 unspecified atom stereocenters. The number of benzene rings is 2. The lowest BCUT2D eigenvalue weighted by molar-refractivity contribution is 0.104. The van der Waals surface area contributed by atoms with Crippen LogP contribution in [-0.2, 0) is 0 Å². The Morgan fingerprint density at radius 2 is 1.50 bits per heavy atom. The Hall–Kier alpha value is -2.74. The summed E-state index contributed by atoms with van der Waals surface area (Å²) in [6.07, 6.45) is 3.44. The molecule has 0 atom stereocenters. The van der Waals surface area contributed by atoms with Crippen LogP contribution in [0.4, 0.5) is 0 Å². The Bertz CT molecular complexity index is 822. The van der Waals surface area contributed by atoms with E-state index in [0.717, 1.165) is 33.4 Å². The Morgan fingerprint density at radius 3 is 2.35 bits per heavy atom. The second-order valence-electron chi connectivity index (χ2n) is 4.84. The Balaban J connectivity index is 2.03. The van der Waals surface area contributed by atoms with Crippen molar-refractivity contribution in [1.29, 1.82) is 0 Å². The summed E-state index contributed by atoms with van der Waals surface area (Å²) < 4.78 is 0. The molecule has 3 aromatic rings. The molecular weight excluding hydrogens is 246 g/mol. The molecule has 0 bridgehead atoms. The fourth-order valence-corrected chi connectivity index (χ4v) is 2.82. The molecule has 1 aromatic heterocycles. The van der Waals surface area contributed by atoms with Crippen molar-refractivity contribution < 1.29 is 4.79 Å². The third kappa shape index (κ3) is 1.45. The molecular formula is C18H11NO. The van der Waals surface area contributed by atoms with Gasteiger partial charge in [-0.05, 0) is 22.8 Å². The van der Waals surface area contributed by atoms with Crippen LogP contribution in [0.25, 0.3) is 22.3 Å². The Morgan fingerprint density at radius 1 is 0.700 bits per heavy atom. The van der Waals surface area contributed by atoms with Crippen molar-refractivity contribution in [2.45, 2.75) is 0 Å². The minimum Gasteiger partial charge on any atom is -0.289 e. The molecule has 0 aliphatic heterocycles. The standard InChI is InChI=1S/C18H11NO/c20-18-15-9-10-19-11-16(15)14-8-4-7-13(17(14)18)12-5-2-1-3-6-12/h1-11H. The Kier molecular flexibility index (Phi) is 2.30. The maximum Gasteiger partial charge on any atom is 0.195 e. The average Bonchev–Trinajstić information content (AvgIpc) is 2.82. The summed E-state index contributed by atoms with van der Waals surface area (Å²) in [6, 6.07) is 17.8. The molecule has 94 valence electrons. The fraction of sp³-hybridized carbons (Fsp3) is 0. The number of hydrogen-bond donors (Lipinski definition) is 0. The van der Waals surface area contributed by atoms with Gasteiger partial charge in [0.05, 0.1) is 0 Å². The van der Waals surface area contributed by atoms with Gasteiger partial charge in [0.25, 0.3) is 0 Å². The summed E-state index contributed by atoms with van der Waals surface area (Å²) >= 11 is 0. The number of ketones is 1. The van der Waals surface area contributed by atoms with Crippen molar-refractivity contribution >= 4 is 5.78 Å². The van der Waals surface area contributed by atoms with Crippen LogP contribution in [0.15, 0.2) is 67.0 Å². The lowest BCUT2D eigenvalue weighted by atomic mass is 9.95. The van der Waals surface area contributed by atoms with Crippen LogP contribution in [0.1, 0.15) is 15.9 Å². The van der Waals surface area contributed by atoms with Crippen molar-refractivity contribution in [1.82, 2.24) is 4.98 Å². The second-order valence-corrected chi connectivity index (χ2v) is 4.84. The minimum atomic E-state index is 0.0943. The summed E-state index contributed by atoms with van der Waals surface area (Å²) in [6.45, 7) is 0. The van der Waals surface area contributed by atoms with Crippen LogP contribution in [0.2, 0.25) is 0 Å². The first-order valence-electron chi connectivity index (χ1n) is 6.54. The van der Waals surface area contributed by atoms with Gasteiger partial charge in [0.15, 0.2) is 5.78 Å². The number of rotatable bonds is 1. The molecule has 0 spiro atoms. The van der Waals surface area contributed by atoms with Crippen molar-refractivity contribution in [2.75, 3.05) is 0 Å². The molecule has 0 saturated carbocycles. The Labute approximate surface area is 116 Å². The highest BCUT2D eigenvalue weighted by molar-refractivity contribution is 6.24. The van der Waals surface area contributed by atoms with Crippen LogP contribution in [0.5, 0.6) is 0 Å². The number of pyridine rings is 1. The monoisotopic (exact) mass is 257 g/mol. The number of fused-ring (bicyclic) bond motifs is 3. The van der Waals surface area contributed by atoms with Crippen molar-refractivity contribution in [3.05, 3.63) is 78.1 Å². The number of hydrogen-bond acceptors (Lipinski definition) is 2. The third-order valence-electron chi connectivity index (χ3n) is 3.73. The molecule has 2 nitrogen and oxygen atoms in total. The second kappa shape index (κ2) is 4.14. The highest BCUT2D eigenvalue weighted by atomic mass is 16.1. The molecule has 0 N–H and O–H groups in total. The fourth-order valence-electron chi connectivity index (χ4n) is 2.82. The molecule has 1 aliphatic carbocycles. The molecule has 1 aliphatic rings. The van der Waals surface area contributed by atoms with Crippen LogP contribution >= 0.6 is 0 Å². The normalized spacial score (nSPS) is 12.1. The van der Waals surface area contributed by atoms with E-state index in [1.54, 1.807) is 18.5 Å². The summed E-state index contributed by atoms with van der Waals surface area (Å²) in [5, 5.41) is 0. The molecule has 0 saturated heterocycles. The number of aromatic nitrogens is 1. The maximum atomic E-state index is 12.7. The summed E-state index contributed by atoms with van der Waals surface area (Å²) in [7, 11) is 0. The molecule has 0 amide bonds. The molecule has 2 aromatic carbocycles. The summed E-state index contributed by atoms with van der Waals surface area (Å²) in [5.74, 6) is 0.0943. The van der Waals surface area contributed by atoms with E-state index >= 15 is 0 Å². The number of carbonyl (C=O) groups excluding carboxylic acids is 1. The van der Waals surface area contributed by atoms with Gasteiger partial charge in [-0.3, -0.25) is 9.78 Å². The first-order valence-corrected chi connectivity index (χ1v) is 6.54. The van der Waals surface area contributed by atoms with Gasteiger partial charge < -0.3 is 0 Å². The van der Waals surface area contributed by atoms with E-state index in [-0.39, 0.29) is 5.78 Å². The average molecular weight is 257 g/mol. The van der Waals surface area contributed by atoms with Crippen molar-refractivity contribution in [3.8, 4) is 22.3 Å². The molecule has 20 heavy (non-hydrogen) atoms. The lowest BCUT2D eigenvalue weighted by Gasteiger charge is -2.07. The predicted molar refractivity (Wildman–Crippen MR) is 78.5 cm³/mol. The zero-order chi connectivity index (χ0) is 13.5. The topological polar surface area (TPSA) is 30.0 Å². The van der Waals surface area contributed by atoms with E-state index in [2.05, 4.69) is 4.98 Å². The first kappa shape index (κ1) is 11.1. The quantitative estimate of drug-likeness (QED) is 0.516. The molecule has 1 heterocycles. The van der Waals surface area contributed by atoms with Gasteiger partial charge in [0.2, 0.25) is 0 Å². The zero-order valence-corrected chi connectivity index (χ0v) is 10.7. The molecule has 0 radical (unpaired) electrons. The highest BCUT2D eigenvalue weighted by Crippen LogP contribution is 2.40. The molecule has 2 heteroatoms. The lowest BCUT2D eigenvalue weighted by Crippen LogP contribution is -1.98. The SMILES string of the molecule is O=C1c2ccncc2-c2cccc(-c3ccccc3)c21. The number of carbonyl (C=O) groups is 1. The predicted octanol–water partition coefficient (Wildman–Crippen LogP) is 3.96. The van der Waals surface area contributed by atoms with Gasteiger partial charge in [-0.2, -0.15) is 0 Å². The van der Waals surface area contributed by atoms with Crippen LogP contribution < -0.4 is 0 Å². The van der Waals surface area contributed by atoms with E-state index in [9.17, 15) is 4.79 Å². The van der Waals surface area contributed by atoms with Crippen molar-refractivity contribution in [2.24, 2.45) is 0 Å². The maximum absolute atomic E-state index is 12.7. The third-order valence-corrected chi connectivity index (χ3v) is 3.73. The summed E-state index contributed by atoms with van der Waals surface area (Å²) in [5.41, 5.74) is 5.52. The van der Waals surface area contributed by atoms with Gasteiger partial charge in [-0.25, -0.2) is 0 Å². The van der Waals surface area contributed by atoms with E-state index < -0.39 is 0 Å². The van der Waals surface area contributed by atoms with Gasteiger partial charge >= 0.3 is 0 Å². The summed E-state index contributed by atoms with van der Waals surface area (Å²) in [4.78, 5) is 16.8. The van der Waals surface area contributed by atoms with Crippen LogP contribution in [0.3, 0.4) is 0 Å². The van der Waals surface area contributed by atoms with E-state index in [0.29, 0.717) is 0 Å².